The lowest BCUT2D eigenvalue weighted by atomic mass is 10.0. The minimum absolute atomic E-state index is 0.0620. The van der Waals surface area contributed by atoms with Gasteiger partial charge in [-0.1, -0.05) is 0 Å². The summed E-state index contributed by atoms with van der Waals surface area (Å²) in [5.74, 6) is 0.158. The number of hydrogen-bond acceptors (Lipinski definition) is 2. The maximum absolute atomic E-state index is 11.7. The average molecular weight is 233 g/mol. The number of carbonyl (C=O) groups is 1. The van der Waals surface area contributed by atoms with E-state index in [2.05, 4.69) is 25.8 Å². The number of likely N-dealkylation sites (tertiary alicyclic amines) is 1. The van der Waals surface area contributed by atoms with Gasteiger partial charge in [-0.05, 0) is 40.3 Å². The second-order valence-corrected chi connectivity index (χ2v) is 4.85. The molecule has 0 N–H and O–H groups in total. The van der Waals surface area contributed by atoms with Crippen LogP contribution in [0.1, 0.15) is 26.7 Å². The summed E-state index contributed by atoms with van der Waals surface area (Å²) >= 11 is 5.64. The van der Waals surface area contributed by atoms with Crippen molar-refractivity contribution >= 4 is 17.5 Å². The van der Waals surface area contributed by atoms with E-state index >= 15 is 0 Å². The van der Waals surface area contributed by atoms with Gasteiger partial charge in [0.25, 0.3) is 0 Å². The van der Waals surface area contributed by atoms with E-state index in [0.717, 1.165) is 19.5 Å². The van der Waals surface area contributed by atoms with Crippen molar-refractivity contribution in [1.82, 2.24) is 9.80 Å². The number of likely N-dealkylation sites (N-methyl/N-ethyl adjacent to an activating group) is 1. The maximum Gasteiger partial charge on any atom is 0.238 e. The molecule has 88 valence electrons. The highest BCUT2D eigenvalue weighted by Crippen LogP contribution is 2.17. The van der Waals surface area contributed by atoms with E-state index in [1.54, 1.807) is 0 Å². The van der Waals surface area contributed by atoms with Gasteiger partial charge in [0, 0.05) is 18.6 Å². The number of carbonyl (C=O) groups excluding carboxylic acids is 1. The van der Waals surface area contributed by atoms with Crippen molar-refractivity contribution in [3.8, 4) is 0 Å². The third kappa shape index (κ3) is 3.35. The van der Waals surface area contributed by atoms with E-state index in [-0.39, 0.29) is 17.8 Å². The first-order valence-corrected chi connectivity index (χ1v) is 6.15. The Bertz CT molecular complexity index is 221. The molecular weight excluding hydrogens is 212 g/mol. The summed E-state index contributed by atoms with van der Waals surface area (Å²) in [6, 6.07) is 0.586. The minimum atomic E-state index is 0.0620. The third-order valence-corrected chi connectivity index (χ3v) is 3.18. The zero-order valence-electron chi connectivity index (χ0n) is 9.87. The minimum Gasteiger partial charge on any atom is -0.335 e. The second-order valence-electron chi connectivity index (χ2n) is 4.59. The van der Waals surface area contributed by atoms with Crippen molar-refractivity contribution < 1.29 is 4.79 Å². The standard InChI is InChI=1S/C11H21ClN2O/c1-9(2)14(11(15)7-12)10-5-4-6-13(3)8-10/h9-10H,4-8H2,1-3H3/t10-/m1/s1. The molecule has 1 aliphatic rings. The molecule has 4 heteroatoms. The van der Waals surface area contributed by atoms with Gasteiger partial charge in [-0.15, -0.1) is 11.6 Å². The number of alkyl halides is 1. The molecule has 0 aromatic heterocycles. The van der Waals surface area contributed by atoms with Crippen LogP contribution in [0.2, 0.25) is 0 Å². The topological polar surface area (TPSA) is 23.6 Å². The zero-order valence-corrected chi connectivity index (χ0v) is 10.6. The number of amides is 1. The summed E-state index contributed by atoms with van der Waals surface area (Å²) in [7, 11) is 2.11. The van der Waals surface area contributed by atoms with Gasteiger partial charge in [-0.2, -0.15) is 0 Å². The van der Waals surface area contributed by atoms with E-state index < -0.39 is 0 Å². The number of rotatable bonds is 3. The van der Waals surface area contributed by atoms with E-state index in [1.807, 2.05) is 4.90 Å². The second kappa shape index (κ2) is 5.71. The van der Waals surface area contributed by atoms with Crippen LogP contribution in [-0.2, 0) is 4.79 Å². The van der Waals surface area contributed by atoms with Crippen molar-refractivity contribution in [1.29, 1.82) is 0 Å². The lowest BCUT2D eigenvalue weighted by Gasteiger charge is -2.40. The van der Waals surface area contributed by atoms with Gasteiger partial charge in [0.15, 0.2) is 0 Å². The summed E-state index contributed by atoms with van der Waals surface area (Å²) in [6.45, 7) is 6.22. The molecular formula is C11H21ClN2O. The molecule has 0 aromatic carbocycles. The fraction of sp³-hybridized carbons (Fsp3) is 0.909. The van der Waals surface area contributed by atoms with Crippen LogP contribution < -0.4 is 0 Å². The molecule has 1 fully saturated rings. The molecule has 0 radical (unpaired) electrons. The predicted octanol–water partition coefficient (Wildman–Crippen LogP) is 1.56. The smallest absolute Gasteiger partial charge is 0.238 e. The van der Waals surface area contributed by atoms with Crippen LogP contribution in [0.15, 0.2) is 0 Å². The lowest BCUT2D eigenvalue weighted by Crippen LogP contribution is -2.52. The normalized spacial score (nSPS) is 23.1. The van der Waals surface area contributed by atoms with Crippen molar-refractivity contribution in [2.75, 3.05) is 26.0 Å². The van der Waals surface area contributed by atoms with Gasteiger partial charge in [-0.25, -0.2) is 0 Å². The summed E-state index contributed by atoms with van der Waals surface area (Å²) in [5, 5.41) is 0. The van der Waals surface area contributed by atoms with Crippen LogP contribution in [0.4, 0.5) is 0 Å². The Hall–Kier alpha value is -0.280. The van der Waals surface area contributed by atoms with Crippen LogP contribution in [0, 0.1) is 0 Å². The average Bonchev–Trinajstić information content (AvgIpc) is 2.17. The molecule has 0 saturated carbocycles. The van der Waals surface area contributed by atoms with Gasteiger partial charge in [0.1, 0.15) is 5.88 Å². The largest absolute Gasteiger partial charge is 0.335 e. The fourth-order valence-corrected chi connectivity index (χ4v) is 2.49. The predicted molar refractivity (Wildman–Crippen MR) is 63.2 cm³/mol. The Labute approximate surface area is 97.4 Å². The van der Waals surface area contributed by atoms with Crippen LogP contribution in [0.3, 0.4) is 0 Å². The highest BCUT2D eigenvalue weighted by atomic mass is 35.5. The monoisotopic (exact) mass is 232 g/mol. The Balaban J connectivity index is 2.66. The molecule has 3 nitrogen and oxygen atoms in total. The Morgan fingerprint density at radius 2 is 2.27 bits per heavy atom. The zero-order chi connectivity index (χ0) is 11.4. The molecule has 0 aromatic rings. The van der Waals surface area contributed by atoms with Crippen LogP contribution >= 0.6 is 11.6 Å². The lowest BCUT2D eigenvalue weighted by molar-refractivity contribution is -0.133. The molecule has 1 atom stereocenters. The highest BCUT2D eigenvalue weighted by molar-refractivity contribution is 6.27. The molecule has 1 saturated heterocycles. The Morgan fingerprint density at radius 1 is 1.60 bits per heavy atom. The van der Waals surface area contributed by atoms with Crippen molar-refractivity contribution in [2.45, 2.75) is 38.8 Å². The first kappa shape index (κ1) is 12.8. The van der Waals surface area contributed by atoms with E-state index in [4.69, 9.17) is 11.6 Å². The number of nitrogens with zero attached hydrogens (tertiary/aromatic N) is 2. The number of piperidine rings is 1. The van der Waals surface area contributed by atoms with Gasteiger partial charge < -0.3 is 9.80 Å². The molecule has 1 heterocycles. The quantitative estimate of drug-likeness (QED) is 0.690. The molecule has 1 amide bonds. The van der Waals surface area contributed by atoms with Crippen LogP contribution in [0.25, 0.3) is 0 Å². The molecule has 1 rings (SSSR count). The Morgan fingerprint density at radius 3 is 2.73 bits per heavy atom. The van der Waals surface area contributed by atoms with Crippen molar-refractivity contribution in [2.24, 2.45) is 0 Å². The highest BCUT2D eigenvalue weighted by Gasteiger charge is 2.28. The number of hydrogen-bond donors (Lipinski definition) is 0. The summed E-state index contributed by atoms with van der Waals surface area (Å²) in [4.78, 5) is 16.0. The first-order valence-electron chi connectivity index (χ1n) is 5.62. The van der Waals surface area contributed by atoms with E-state index in [1.165, 1.54) is 6.42 Å². The van der Waals surface area contributed by atoms with Gasteiger partial charge >= 0.3 is 0 Å². The SMILES string of the molecule is CC(C)N(C(=O)CCl)[C@@H]1CCCN(C)C1. The van der Waals surface area contributed by atoms with Crippen molar-refractivity contribution in [3.05, 3.63) is 0 Å². The summed E-state index contributed by atoms with van der Waals surface area (Å²) < 4.78 is 0. The van der Waals surface area contributed by atoms with Crippen LogP contribution in [0.5, 0.6) is 0 Å². The maximum atomic E-state index is 11.7. The molecule has 0 bridgehead atoms. The van der Waals surface area contributed by atoms with Gasteiger partial charge in [0.05, 0.1) is 0 Å². The molecule has 1 aliphatic heterocycles. The molecule has 0 spiro atoms. The summed E-state index contributed by atoms with van der Waals surface area (Å²) in [5.41, 5.74) is 0. The van der Waals surface area contributed by atoms with Gasteiger partial charge in [-0.3, -0.25) is 4.79 Å². The van der Waals surface area contributed by atoms with E-state index in [9.17, 15) is 4.79 Å². The van der Waals surface area contributed by atoms with Crippen LogP contribution in [-0.4, -0.2) is 53.8 Å². The molecule has 0 unspecified atom stereocenters. The molecule has 15 heavy (non-hydrogen) atoms. The Kier molecular flexibility index (Phi) is 4.87. The van der Waals surface area contributed by atoms with Gasteiger partial charge in [0.2, 0.25) is 5.91 Å². The van der Waals surface area contributed by atoms with Crippen molar-refractivity contribution in [3.63, 3.8) is 0 Å². The summed E-state index contributed by atoms with van der Waals surface area (Å²) in [6.07, 6.45) is 2.27. The third-order valence-electron chi connectivity index (χ3n) is 2.95. The number of halogens is 1. The first-order chi connectivity index (χ1) is 7.06. The fourth-order valence-electron chi connectivity index (χ4n) is 2.35. The van der Waals surface area contributed by atoms with E-state index in [0.29, 0.717) is 6.04 Å². The molecule has 0 aliphatic carbocycles.